The Balaban J connectivity index is 2.45. The summed E-state index contributed by atoms with van der Waals surface area (Å²) in [5, 5.41) is 3.26. The molecule has 7 heteroatoms. The zero-order valence-corrected chi connectivity index (χ0v) is 13.9. The largest absolute Gasteiger partial charge is 0.317 e. The molecule has 2 N–H and O–H groups in total. The lowest BCUT2D eigenvalue weighted by Crippen LogP contribution is -2.40. The average Bonchev–Trinajstić information content (AvgIpc) is 2.47. The van der Waals surface area contributed by atoms with Crippen LogP contribution < -0.4 is 10.0 Å². The minimum atomic E-state index is -3.47. The molecule has 0 aliphatic rings. The molecule has 1 aromatic rings. The molecule has 1 unspecified atom stereocenters. The van der Waals surface area contributed by atoms with Crippen molar-refractivity contribution in [3.63, 3.8) is 0 Å². The minimum absolute atomic E-state index is 0.279. The summed E-state index contributed by atoms with van der Waals surface area (Å²) in [5.41, 5.74) is 0.895. The molecule has 0 spiro atoms. The van der Waals surface area contributed by atoms with E-state index in [4.69, 9.17) is 0 Å². The van der Waals surface area contributed by atoms with Gasteiger partial charge in [0.25, 0.3) is 10.2 Å². The van der Waals surface area contributed by atoms with E-state index in [1.165, 1.54) is 4.31 Å². The summed E-state index contributed by atoms with van der Waals surface area (Å²) in [4.78, 5) is 3.93. The first kappa shape index (κ1) is 18.0. The van der Waals surface area contributed by atoms with Gasteiger partial charge >= 0.3 is 0 Å². The van der Waals surface area contributed by atoms with Gasteiger partial charge in [0, 0.05) is 32.0 Å². The lowest BCUT2D eigenvalue weighted by atomic mass is 10.1. The van der Waals surface area contributed by atoms with Gasteiger partial charge in [-0.05, 0) is 50.6 Å². The fourth-order valence-corrected chi connectivity index (χ4v) is 3.01. The van der Waals surface area contributed by atoms with Gasteiger partial charge in [0.05, 0.1) is 0 Å². The lowest BCUT2D eigenvalue weighted by molar-refractivity contribution is 0.438. The van der Waals surface area contributed by atoms with Gasteiger partial charge in [-0.15, -0.1) is 0 Å². The van der Waals surface area contributed by atoms with Crippen molar-refractivity contribution in [3.8, 4) is 0 Å². The van der Waals surface area contributed by atoms with E-state index in [1.807, 2.05) is 19.1 Å². The van der Waals surface area contributed by atoms with Crippen molar-refractivity contribution in [2.75, 3.05) is 26.7 Å². The van der Waals surface area contributed by atoms with E-state index in [9.17, 15) is 8.42 Å². The second-order valence-corrected chi connectivity index (χ2v) is 6.86. The zero-order chi connectivity index (χ0) is 15.7. The van der Waals surface area contributed by atoms with Crippen LogP contribution >= 0.6 is 0 Å². The summed E-state index contributed by atoms with van der Waals surface area (Å²) < 4.78 is 28.5. The third-order valence-electron chi connectivity index (χ3n) is 3.20. The fourth-order valence-electron chi connectivity index (χ4n) is 1.88. The number of pyridine rings is 1. The van der Waals surface area contributed by atoms with Crippen molar-refractivity contribution in [1.29, 1.82) is 0 Å². The van der Waals surface area contributed by atoms with Gasteiger partial charge in [0.1, 0.15) is 0 Å². The standard InChI is InChI=1S/C14H26N4O2S/c1-4-8-15-9-5-12-18(3)21(19,20)17-13(2)14-6-10-16-11-7-14/h6-7,10-11,13,15,17H,4-5,8-9,12H2,1-3H3. The number of hydrogen-bond acceptors (Lipinski definition) is 4. The number of nitrogens with zero attached hydrogens (tertiary/aromatic N) is 2. The van der Waals surface area contributed by atoms with Gasteiger partial charge in [0.2, 0.25) is 0 Å². The Hall–Kier alpha value is -1.02. The third kappa shape index (κ3) is 6.52. The number of hydrogen-bond donors (Lipinski definition) is 2. The third-order valence-corrected chi connectivity index (χ3v) is 4.85. The molecule has 0 saturated heterocycles. The van der Waals surface area contributed by atoms with Crippen LogP contribution in [0.4, 0.5) is 0 Å². The number of rotatable bonds is 10. The summed E-state index contributed by atoms with van der Waals surface area (Å²) in [6.45, 7) is 6.22. The molecule has 0 fully saturated rings. The van der Waals surface area contributed by atoms with Crippen molar-refractivity contribution in [1.82, 2.24) is 19.3 Å². The molecule has 0 aromatic carbocycles. The van der Waals surface area contributed by atoms with Gasteiger partial charge in [-0.1, -0.05) is 6.92 Å². The maximum absolute atomic E-state index is 12.2. The molecule has 1 rings (SSSR count). The highest BCUT2D eigenvalue weighted by molar-refractivity contribution is 7.87. The summed E-state index contributed by atoms with van der Waals surface area (Å²) >= 11 is 0. The summed E-state index contributed by atoms with van der Waals surface area (Å²) in [6, 6.07) is 3.34. The molecular formula is C14H26N4O2S. The molecule has 0 aliphatic heterocycles. The molecule has 6 nitrogen and oxygen atoms in total. The molecule has 1 heterocycles. The first-order chi connectivity index (χ1) is 9.97. The minimum Gasteiger partial charge on any atom is -0.317 e. The van der Waals surface area contributed by atoms with Crippen molar-refractivity contribution >= 4 is 10.2 Å². The van der Waals surface area contributed by atoms with Gasteiger partial charge < -0.3 is 5.32 Å². The van der Waals surface area contributed by atoms with E-state index < -0.39 is 10.2 Å². The molecular weight excluding hydrogens is 288 g/mol. The van der Waals surface area contributed by atoms with Crippen LogP contribution in [-0.4, -0.2) is 44.4 Å². The average molecular weight is 314 g/mol. The summed E-state index contributed by atoms with van der Waals surface area (Å²) in [6.07, 6.45) is 5.19. The normalized spacial score (nSPS) is 13.5. The van der Waals surface area contributed by atoms with Crippen molar-refractivity contribution in [2.45, 2.75) is 32.7 Å². The van der Waals surface area contributed by atoms with Crippen LogP contribution in [0.3, 0.4) is 0 Å². The highest BCUT2D eigenvalue weighted by Crippen LogP contribution is 2.12. The van der Waals surface area contributed by atoms with Crippen LogP contribution in [0.15, 0.2) is 24.5 Å². The quantitative estimate of drug-likeness (QED) is 0.638. The van der Waals surface area contributed by atoms with Gasteiger partial charge in [-0.3, -0.25) is 4.98 Å². The SMILES string of the molecule is CCCNCCCN(C)S(=O)(=O)NC(C)c1ccncc1. The Bertz CT molecular complexity index is 493. The highest BCUT2D eigenvalue weighted by Gasteiger charge is 2.20. The van der Waals surface area contributed by atoms with E-state index in [0.717, 1.165) is 31.5 Å². The maximum atomic E-state index is 12.2. The van der Waals surface area contributed by atoms with Gasteiger partial charge in [-0.25, -0.2) is 0 Å². The van der Waals surface area contributed by atoms with E-state index >= 15 is 0 Å². The van der Waals surface area contributed by atoms with Crippen LogP contribution in [0, 0.1) is 0 Å². The summed E-state index contributed by atoms with van der Waals surface area (Å²) in [7, 11) is -1.87. The Labute approximate surface area is 128 Å². The Kier molecular flexibility index (Phi) is 7.81. The van der Waals surface area contributed by atoms with Crippen LogP contribution in [0.25, 0.3) is 0 Å². The molecule has 1 atom stereocenters. The van der Waals surface area contributed by atoms with E-state index in [2.05, 4.69) is 21.9 Å². The second kappa shape index (κ2) is 9.09. The molecule has 21 heavy (non-hydrogen) atoms. The first-order valence-electron chi connectivity index (χ1n) is 7.31. The summed E-state index contributed by atoms with van der Waals surface area (Å²) in [5.74, 6) is 0. The Morgan fingerprint density at radius 2 is 1.95 bits per heavy atom. The van der Waals surface area contributed by atoms with Crippen molar-refractivity contribution < 1.29 is 8.42 Å². The first-order valence-corrected chi connectivity index (χ1v) is 8.75. The molecule has 0 aliphatic carbocycles. The van der Waals surface area contributed by atoms with Gasteiger partial charge in [-0.2, -0.15) is 17.4 Å². The Morgan fingerprint density at radius 1 is 1.29 bits per heavy atom. The van der Waals surface area contributed by atoms with Crippen LogP contribution in [0.1, 0.15) is 38.3 Å². The lowest BCUT2D eigenvalue weighted by Gasteiger charge is -2.21. The topological polar surface area (TPSA) is 74.3 Å². The zero-order valence-electron chi connectivity index (χ0n) is 13.0. The predicted molar refractivity (Wildman–Crippen MR) is 85.1 cm³/mol. The monoisotopic (exact) mass is 314 g/mol. The van der Waals surface area contributed by atoms with Crippen LogP contribution in [0.2, 0.25) is 0 Å². The molecule has 0 amide bonds. The molecule has 120 valence electrons. The molecule has 0 bridgehead atoms. The second-order valence-electron chi connectivity index (χ2n) is 5.05. The molecule has 0 radical (unpaired) electrons. The van der Waals surface area contributed by atoms with E-state index in [1.54, 1.807) is 19.4 Å². The number of aromatic nitrogens is 1. The Morgan fingerprint density at radius 3 is 2.57 bits per heavy atom. The maximum Gasteiger partial charge on any atom is 0.279 e. The number of nitrogens with one attached hydrogen (secondary N) is 2. The highest BCUT2D eigenvalue weighted by atomic mass is 32.2. The fraction of sp³-hybridized carbons (Fsp3) is 0.643. The van der Waals surface area contributed by atoms with Gasteiger partial charge in [0.15, 0.2) is 0 Å². The van der Waals surface area contributed by atoms with E-state index in [0.29, 0.717) is 6.54 Å². The van der Waals surface area contributed by atoms with E-state index in [-0.39, 0.29) is 6.04 Å². The smallest absolute Gasteiger partial charge is 0.279 e. The van der Waals surface area contributed by atoms with Crippen molar-refractivity contribution in [3.05, 3.63) is 30.1 Å². The molecule has 0 saturated carbocycles. The van der Waals surface area contributed by atoms with Crippen molar-refractivity contribution in [2.24, 2.45) is 0 Å². The predicted octanol–water partition coefficient (Wildman–Crippen LogP) is 1.30. The van der Waals surface area contributed by atoms with Crippen LogP contribution in [-0.2, 0) is 10.2 Å². The molecule has 1 aromatic heterocycles. The van der Waals surface area contributed by atoms with Crippen LogP contribution in [0.5, 0.6) is 0 Å².